The lowest BCUT2D eigenvalue weighted by atomic mass is 10.0. The van der Waals surface area contributed by atoms with Gasteiger partial charge < -0.3 is 10.4 Å². The average molecular weight is 286 g/mol. The van der Waals surface area contributed by atoms with E-state index in [4.69, 9.17) is 0 Å². The summed E-state index contributed by atoms with van der Waals surface area (Å²) in [6, 6.07) is 13.8. The molecule has 5 heteroatoms. The van der Waals surface area contributed by atoms with Crippen LogP contribution in [-0.2, 0) is 0 Å². The van der Waals surface area contributed by atoms with E-state index in [-0.39, 0.29) is 16.7 Å². The van der Waals surface area contributed by atoms with Crippen molar-refractivity contribution in [3.05, 3.63) is 69.8 Å². The molecule has 0 heterocycles. The molecule has 0 fully saturated rings. The van der Waals surface area contributed by atoms with Crippen LogP contribution in [0.15, 0.2) is 48.5 Å². The molecule has 5 nitrogen and oxygen atoms in total. The Morgan fingerprint density at radius 1 is 1.05 bits per heavy atom. The highest BCUT2D eigenvalue weighted by atomic mass is 16.6. The molecule has 0 aliphatic rings. The average Bonchev–Trinajstić information content (AvgIpc) is 2.47. The molecule has 0 aliphatic heterocycles. The van der Waals surface area contributed by atoms with E-state index in [0.717, 1.165) is 11.3 Å². The van der Waals surface area contributed by atoms with Crippen LogP contribution in [0.1, 0.15) is 37.1 Å². The summed E-state index contributed by atoms with van der Waals surface area (Å²) in [4.78, 5) is 10.7. The number of nitro benzene ring substituents is 1. The van der Waals surface area contributed by atoms with Crippen molar-refractivity contribution in [2.45, 2.75) is 26.0 Å². The van der Waals surface area contributed by atoms with Crippen LogP contribution in [0.3, 0.4) is 0 Å². The number of nitrogens with one attached hydrogen (secondary N) is 1. The van der Waals surface area contributed by atoms with Crippen molar-refractivity contribution in [1.82, 2.24) is 0 Å². The molecular formula is C16H18N2O3. The second-order valence-corrected chi connectivity index (χ2v) is 4.95. The van der Waals surface area contributed by atoms with Crippen LogP contribution in [0.25, 0.3) is 0 Å². The smallest absolute Gasteiger partial charge is 0.274 e. The summed E-state index contributed by atoms with van der Waals surface area (Å²) >= 11 is 0. The molecule has 0 aliphatic carbocycles. The van der Waals surface area contributed by atoms with Gasteiger partial charge in [-0.15, -0.1) is 0 Å². The fourth-order valence-corrected chi connectivity index (χ4v) is 2.32. The van der Waals surface area contributed by atoms with E-state index >= 15 is 0 Å². The molecule has 2 atom stereocenters. The number of para-hydroxylation sites is 2. The molecule has 0 bridgehead atoms. The lowest BCUT2D eigenvalue weighted by Gasteiger charge is -2.19. The van der Waals surface area contributed by atoms with Gasteiger partial charge in [-0.05, 0) is 19.9 Å². The first-order chi connectivity index (χ1) is 10.0. The van der Waals surface area contributed by atoms with Gasteiger partial charge in [0.15, 0.2) is 0 Å². The Morgan fingerprint density at radius 3 is 2.24 bits per heavy atom. The summed E-state index contributed by atoms with van der Waals surface area (Å²) in [5.74, 6) is 0. The molecule has 2 rings (SSSR count). The lowest BCUT2D eigenvalue weighted by Crippen LogP contribution is -2.11. The molecule has 2 aromatic carbocycles. The quantitative estimate of drug-likeness (QED) is 0.647. The number of rotatable bonds is 5. The van der Waals surface area contributed by atoms with Gasteiger partial charge in [0.2, 0.25) is 0 Å². The molecule has 2 unspecified atom stereocenters. The molecule has 2 aromatic rings. The number of aliphatic hydroxyl groups excluding tert-OH is 1. The fraction of sp³-hybridized carbons (Fsp3) is 0.250. The second kappa shape index (κ2) is 6.37. The number of anilines is 1. The SMILES string of the molecule is CC(O)c1ccccc1NC(C)c1ccccc1[N+](=O)[O-]. The summed E-state index contributed by atoms with van der Waals surface area (Å²) in [7, 11) is 0. The minimum absolute atomic E-state index is 0.0898. The van der Waals surface area contributed by atoms with Crippen molar-refractivity contribution in [3.8, 4) is 0 Å². The molecule has 2 N–H and O–H groups in total. The maximum Gasteiger partial charge on any atom is 0.274 e. The number of hydrogen-bond donors (Lipinski definition) is 2. The zero-order valence-corrected chi connectivity index (χ0v) is 12.0. The molecule has 0 aromatic heterocycles. The van der Waals surface area contributed by atoms with E-state index in [1.54, 1.807) is 25.1 Å². The normalized spacial score (nSPS) is 13.5. The lowest BCUT2D eigenvalue weighted by molar-refractivity contribution is -0.385. The Bertz CT molecular complexity index is 641. The van der Waals surface area contributed by atoms with Crippen molar-refractivity contribution < 1.29 is 10.0 Å². The van der Waals surface area contributed by atoms with Crippen LogP contribution in [0.2, 0.25) is 0 Å². The fourth-order valence-electron chi connectivity index (χ4n) is 2.32. The summed E-state index contributed by atoms with van der Waals surface area (Å²) in [6.45, 7) is 3.55. The third-order valence-electron chi connectivity index (χ3n) is 3.38. The summed E-state index contributed by atoms with van der Waals surface area (Å²) < 4.78 is 0. The van der Waals surface area contributed by atoms with Gasteiger partial charge in [-0.1, -0.05) is 36.4 Å². The van der Waals surface area contributed by atoms with E-state index in [9.17, 15) is 15.2 Å². The van der Waals surface area contributed by atoms with E-state index in [1.165, 1.54) is 6.07 Å². The van der Waals surface area contributed by atoms with Gasteiger partial charge in [0, 0.05) is 17.3 Å². The highest BCUT2D eigenvalue weighted by molar-refractivity contribution is 5.55. The van der Waals surface area contributed by atoms with Crippen LogP contribution < -0.4 is 5.32 Å². The van der Waals surface area contributed by atoms with Crippen molar-refractivity contribution in [1.29, 1.82) is 0 Å². The highest BCUT2D eigenvalue weighted by Gasteiger charge is 2.19. The van der Waals surface area contributed by atoms with Gasteiger partial charge in [-0.25, -0.2) is 0 Å². The molecule has 0 spiro atoms. The number of hydrogen-bond acceptors (Lipinski definition) is 4. The van der Waals surface area contributed by atoms with Gasteiger partial charge in [0.25, 0.3) is 5.69 Å². The first-order valence-corrected chi connectivity index (χ1v) is 6.77. The van der Waals surface area contributed by atoms with E-state index < -0.39 is 6.10 Å². The zero-order chi connectivity index (χ0) is 15.4. The third-order valence-corrected chi connectivity index (χ3v) is 3.38. The molecular weight excluding hydrogens is 268 g/mol. The molecule has 110 valence electrons. The Morgan fingerprint density at radius 2 is 1.62 bits per heavy atom. The monoisotopic (exact) mass is 286 g/mol. The van der Waals surface area contributed by atoms with Gasteiger partial charge >= 0.3 is 0 Å². The predicted octanol–water partition coefficient (Wildman–Crippen LogP) is 3.82. The Labute approximate surface area is 123 Å². The largest absolute Gasteiger partial charge is 0.389 e. The maximum atomic E-state index is 11.1. The van der Waals surface area contributed by atoms with Gasteiger partial charge in [-0.2, -0.15) is 0 Å². The Kier molecular flexibility index (Phi) is 4.55. The van der Waals surface area contributed by atoms with Crippen molar-refractivity contribution in [3.63, 3.8) is 0 Å². The standard InChI is InChI=1S/C16H18N2O3/c1-11(13-7-4-6-10-16(13)18(20)21)17-15-9-5-3-8-14(15)12(2)19/h3-12,17,19H,1-2H3. The number of nitro groups is 1. The molecule has 0 saturated carbocycles. The Hall–Kier alpha value is -2.40. The van der Waals surface area contributed by atoms with Crippen LogP contribution >= 0.6 is 0 Å². The summed E-state index contributed by atoms with van der Waals surface area (Å²) in [5, 5.41) is 24.1. The zero-order valence-electron chi connectivity index (χ0n) is 12.0. The maximum absolute atomic E-state index is 11.1. The van der Waals surface area contributed by atoms with Crippen LogP contribution in [-0.4, -0.2) is 10.0 Å². The second-order valence-electron chi connectivity index (χ2n) is 4.95. The van der Waals surface area contributed by atoms with E-state index in [0.29, 0.717) is 5.56 Å². The van der Waals surface area contributed by atoms with Crippen molar-refractivity contribution >= 4 is 11.4 Å². The number of aliphatic hydroxyl groups is 1. The van der Waals surface area contributed by atoms with Crippen LogP contribution in [0, 0.1) is 10.1 Å². The van der Waals surface area contributed by atoms with Crippen molar-refractivity contribution in [2.75, 3.05) is 5.32 Å². The summed E-state index contributed by atoms with van der Waals surface area (Å²) in [6.07, 6.45) is -0.605. The first-order valence-electron chi connectivity index (χ1n) is 6.77. The van der Waals surface area contributed by atoms with Crippen molar-refractivity contribution in [2.24, 2.45) is 0 Å². The van der Waals surface area contributed by atoms with Gasteiger partial charge in [0.1, 0.15) is 0 Å². The van der Waals surface area contributed by atoms with E-state index in [1.807, 2.05) is 31.2 Å². The minimum atomic E-state index is -0.605. The molecule has 0 radical (unpaired) electrons. The molecule has 0 amide bonds. The first kappa shape index (κ1) is 15.0. The molecule has 21 heavy (non-hydrogen) atoms. The highest BCUT2D eigenvalue weighted by Crippen LogP contribution is 2.30. The van der Waals surface area contributed by atoms with Crippen LogP contribution in [0.5, 0.6) is 0 Å². The number of nitrogens with zero attached hydrogens (tertiary/aromatic N) is 1. The number of benzene rings is 2. The third kappa shape index (κ3) is 3.38. The predicted molar refractivity (Wildman–Crippen MR) is 82.2 cm³/mol. The van der Waals surface area contributed by atoms with Gasteiger partial charge in [0.05, 0.1) is 22.6 Å². The van der Waals surface area contributed by atoms with Crippen LogP contribution in [0.4, 0.5) is 11.4 Å². The topological polar surface area (TPSA) is 75.4 Å². The van der Waals surface area contributed by atoms with E-state index in [2.05, 4.69) is 5.32 Å². The summed E-state index contributed by atoms with van der Waals surface area (Å²) in [5.41, 5.74) is 2.25. The molecule has 0 saturated heterocycles. The Balaban J connectivity index is 2.31. The van der Waals surface area contributed by atoms with Gasteiger partial charge in [-0.3, -0.25) is 10.1 Å². The minimum Gasteiger partial charge on any atom is -0.389 e.